The third-order valence-electron chi connectivity index (χ3n) is 4.82. The average molecular weight is 423 g/mol. The van der Waals surface area contributed by atoms with Gasteiger partial charge in [-0.1, -0.05) is 17.3 Å². The smallest absolute Gasteiger partial charge is 0.301 e. The van der Waals surface area contributed by atoms with Gasteiger partial charge in [0.1, 0.15) is 17.3 Å². The molecule has 0 unspecified atom stereocenters. The molecule has 1 aliphatic rings. The van der Waals surface area contributed by atoms with E-state index in [4.69, 9.17) is 4.52 Å². The molecule has 1 aliphatic heterocycles. The Kier molecular flexibility index (Phi) is 4.82. The van der Waals surface area contributed by atoms with Gasteiger partial charge in [-0.05, 0) is 36.8 Å². The number of hydrogen-bond donors (Lipinski definition) is 1. The van der Waals surface area contributed by atoms with Gasteiger partial charge in [0.25, 0.3) is 11.5 Å². The van der Waals surface area contributed by atoms with Crippen molar-refractivity contribution in [2.24, 2.45) is 0 Å². The van der Waals surface area contributed by atoms with Crippen LogP contribution in [-0.4, -0.2) is 26.9 Å². The number of carbonyl (C=O) groups excluding carboxylic acids is 2. The fourth-order valence-corrected chi connectivity index (χ4v) is 3.42. The topological polar surface area (TPSA) is 127 Å². The molecule has 3 aromatic rings. The van der Waals surface area contributed by atoms with Gasteiger partial charge in [-0.15, -0.1) is 0 Å². The van der Waals surface area contributed by atoms with Crippen molar-refractivity contribution in [2.45, 2.75) is 13.0 Å². The van der Waals surface area contributed by atoms with E-state index < -0.39 is 34.2 Å². The van der Waals surface area contributed by atoms with E-state index in [0.29, 0.717) is 5.76 Å². The molecule has 1 saturated heterocycles. The van der Waals surface area contributed by atoms with Crippen LogP contribution in [0.1, 0.15) is 22.9 Å². The summed E-state index contributed by atoms with van der Waals surface area (Å²) < 4.78 is 18.3. The summed E-state index contributed by atoms with van der Waals surface area (Å²) >= 11 is 0. The molecule has 0 radical (unpaired) electrons. The number of ketones is 1. The zero-order valence-corrected chi connectivity index (χ0v) is 16.0. The summed E-state index contributed by atoms with van der Waals surface area (Å²) in [5.74, 6) is -2.72. The van der Waals surface area contributed by atoms with Crippen molar-refractivity contribution in [1.29, 1.82) is 0 Å². The molecule has 0 saturated carbocycles. The monoisotopic (exact) mass is 423 g/mol. The van der Waals surface area contributed by atoms with E-state index >= 15 is 0 Å². The van der Waals surface area contributed by atoms with Crippen LogP contribution in [0.4, 0.5) is 15.9 Å². The van der Waals surface area contributed by atoms with Gasteiger partial charge in [0.2, 0.25) is 0 Å². The Balaban J connectivity index is 1.96. The van der Waals surface area contributed by atoms with Gasteiger partial charge in [-0.25, -0.2) is 4.39 Å². The Morgan fingerprint density at radius 1 is 1.19 bits per heavy atom. The molecule has 9 nitrogen and oxygen atoms in total. The number of hydrogen-bond acceptors (Lipinski definition) is 7. The van der Waals surface area contributed by atoms with Crippen LogP contribution in [0.3, 0.4) is 0 Å². The Morgan fingerprint density at radius 3 is 2.52 bits per heavy atom. The summed E-state index contributed by atoms with van der Waals surface area (Å²) in [5, 5.41) is 25.9. The summed E-state index contributed by atoms with van der Waals surface area (Å²) in [6.45, 7) is 1.59. The Morgan fingerprint density at radius 2 is 1.90 bits per heavy atom. The zero-order chi connectivity index (χ0) is 22.3. The minimum absolute atomic E-state index is 0.00858. The standard InChI is InChI=1S/C21H14FN3O6/c1-11-9-16(23-31-11)24-18(13-3-2-4-15(10-13)25(29)30)17(20(27)21(24)28)19(26)12-5-7-14(22)8-6-12/h2-10,18,26H,1H3/b19-17+/t18-/m0/s1. The minimum Gasteiger partial charge on any atom is -0.507 e. The highest BCUT2D eigenvalue weighted by Gasteiger charge is 2.48. The lowest BCUT2D eigenvalue weighted by molar-refractivity contribution is -0.384. The zero-order valence-electron chi connectivity index (χ0n) is 16.0. The second-order valence-corrected chi connectivity index (χ2v) is 6.82. The summed E-state index contributed by atoms with van der Waals surface area (Å²) in [6.07, 6.45) is 0. The minimum atomic E-state index is -1.21. The molecule has 0 spiro atoms. The molecule has 1 amide bonds. The number of rotatable bonds is 4. The van der Waals surface area contributed by atoms with Gasteiger partial charge in [-0.3, -0.25) is 24.6 Å². The normalized spacial score (nSPS) is 17.9. The van der Waals surface area contributed by atoms with Crippen molar-refractivity contribution in [3.05, 3.63) is 93.0 Å². The Labute approximate surface area is 174 Å². The van der Waals surface area contributed by atoms with E-state index in [-0.39, 0.29) is 28.2 Å². The summed E-state index contributed by atoms with van der Waals surface area (Å²) in [4.78, 5) is 37.4. The number of aromatic nitrogens is 1. The molecule has 2 heterocycles. The van der Waals surface area contributed by atoms with Gasteiger partial charge in [0.15, 0.2) is 5.82 Å². The number of benzene rings is 2. The van der Waals surface area contributed by atoms with Crippen LogP contribution < -0.4 is 4.90 Å². The molecule has 156 valence electrons. The van der Waals surface area contributed by atoms with Crippen LogP contribution in [-0.2, 0) is 9.59 Å². The maximum atomic E-state index is 13.3. The summed E-state index contributed by atoms with van der Waals surface area (Å²) in [5.41, 5.74) is -0.261. The maximum absolute atomic E-state index is 13.3. The van der Waals surface area contributed by atoms with Crippen LogP contribution in [0.15, 0.2) is 64.7 Å². The number of aryl methyl sites for hydroxylation is 1. The highest BCUT2D eigenvalue weighted by atomic mass is 19.1. The SMILES string of the molecule is Cc1cc(N2C(=O)C(=O)/C(=C(/O)c3ccc(F)cc3)[C@@H]2c2cccc([N+](=O)[O-])c2)no1. The first kappa shape index (κ1) is 20.0. The third kappa shape index (κ3) is 3.44. The number of aliphatic hydroxyl groups excluding tert-OH is 1. The fraction of sp³-hybridized carbons (Fsp3) is 0.0952. The molecule has 2 aromatic carbocycles. The number of halogens is 1. The van der Waals surface area contributed by atoms with Gasteiger partial charge >= 0.3 is 5.91 Å². The molecule has 1 aromatic heterocycles. The first-order valence-corrected chi connectivity index (χ1v) is 9.02. The van der Waals surface area contributed by atoms with Crippen LogP contribution in [0.2, 0.25) is 0 Å². The lowest BCUT2D eigenvalue weighted by atomic mass is 9.95. The van der Waals surface area contributed by atoms with Crippen LogP contribution in [0, 0.1) is 22.9 Å². The highest BCUT2D eigenvalue weighted by molar-refractivity contribution is 6.51. The van der Waals surface area contributed by atoms with Gasteiger partial charge < -0.3 is 9.63 Å². The molecule has 10 heteroatoms. The first-order valence-electron chi connectivity index (χ1n) is 9.02. The van der Waals surface area contributed by atoms with Crippen LogP contribution >= 0.6 is 0 Å². The second-order valence-electron chi connectivity index (χ2n) is 6.82. The molecule has 1 N–H and O–H groups in total. The van der Waals surface area contributed by atoms with Crippen molar-refractivity contribution in [3.63, 3.8) is 0 Å². The molecule has 1 fully saturated rings. The predicted molar refractivity (Wildman–Crippen MR) is 106 cm³/mol. The lowest BCUT2D eigenvalue weighted by Gasteiger charge is -2.22. The molecule has 0 bridgehead atoms. The number of nitro groups is 1. The second kappa shape index (κ2) is 7.48. The summed E-state index contributed by atoms with van der Waals surface area (Å²) in [6, 6.07) is 10.3. The third-order valence-corrected chi connectivity index (χ3v) is 4.82. The Hall–Kier alpha value is -4.34. The van der Waals surface area contributed by atoms with Gasteiger partial charge in [-0.2, -0.15) is 0 Å². The van der Waals surface area contributed by atoms with E-state index in [9.17, 15) is 29.2 Å². The lowest BCUT2D eigenvalue weighted by Crippen LogP contribution is -2.29. The van der Waals surface area contributed by atoms with Crippen LogP contribution in [0.5, 0.6) is 0 Å². The van der Waals surface area contributed by atoms with Crippen LogP contribution in [0.25, 0.3) is 5.76 Å². The van der Waals surface area contributed by atoms with Crippen molar-refractivity contribution >= 4 is 29.0 Å². The highest BCUT2D eigenvalue weighted by Crippen LogP contribution is 2.42. The number of aliphatic hydroxyl groups is 1. The molecular formula is C21H14FN3O6. The van der Waals surface area contributed by atoms with Crippen molar-refractivity contribution < 1.29 is 28.5 Å². The molecule has 31 heavy (non-hydrogen) atoms. The number of nitro benzene ring substituents is 1. The van der Waals surface area contributed by atoms with E-state index in [1.165, 1.54) is 42.5 Å². The Bertz CT molecular complexity index is 1250. The predicted octanol–water partition coefficient (Wildman–Crippen LogP) is 3.66. The van der Waals surface area contributed by atoms with E-state index in [1.807, 2.05) is 0 Å². The number of amides is 1. The van der Waals surface area contributed by atoms with E-state index in [2.05, 4.69) is 5.16 Å². The largest absolute Gasteiger partial charge is 0.507 e. The number of non-ortho nitro benzene ring substituents is 1. The maximum Gasteiger partial charge on any atom is 0.301 e. The van der Waals surface area contributed by atoms with Crippen molar-refractivity contribution in [3.8, 4) is 0 Å². The fourth-order valence-electron chi connectivity index (χ4n) is 3.42. The number of Topliss-reactive ketones (excluding diaryl/α,β-unsaturated/α-hetero) is 1. The summed E-state index contributed by atoms with van der Waals surface area (Å²) in [7, 11) is 0. The molecular weight excluding hydrogens is 409 g/mol. The number of anilines is 1. The average Bonchev–Trinajstić information content (AvgIpc) is 3.29. The van der Waals surface area contributed by atoms with Gasteiger partial charge in [0.05, 0.1) is 16.5 Å². The van der Waals surface area contributed by atoms with E-state index in [0.717, 1.165) is 17.0 Å². The van der Waals surface area contributed by atoms with Gasteiger partial charge in [0, 0.05) is 23.8 Å². The number of nitrogens with zero attached hydrogens (tertiary/aromatic N) is 3. The van der Waals surface area contributed by atoms with Crippen molar-refractivity contribution in [2.75, 3.05) is 4.90 Å². The molecule has 4 rings (SSSR count). The van der Waals surface area contributed by atoms with Crippen molar-refractivity contribution in [1.82, 2.24) is 5.16 Å². The first-order chi connectivity index (χ1) is 14.8. The molecule has 1 atom stereocenters. The van der Waals surface area contributed by atoms with E-state index in [1.54, 1.807) is 6.92 Å². The number of carbonyl (C=O) groups is 2. The molecule has 0 aliphatic carbocycles. The quantitative estimate of drug-likeness (QED) is 0.223.